The van der Waals surface area contributed by atoms with E-state index in [1.54, 1.807) is 6.07 Å². The summed E-state index contributed by atoms with van der Waals surface area (Å²) >= 11 is 11.4. The van der Waals surface area contributed by atoms with Gasteiger partial charge in [0.1, 0.15) is 11.1 Å². The second kappa shape index (κ2) is 7.53. The Morgan fingerprint density at radius 3 is 2.40 bits per heavy atom. The molecule has 0 radical (unpaired) electrons. The second-order valence-electron chi connectivity index (χ2n) is 4.65. The van der Waals surface area contributed by atoms with Crippen LogP contribution in [0.25, 0.3) is 0 Å². The summed E-state index contributed by atoms with van der Waals surface area (Å²) in [4.78, 5) is 9.52. The second-order valence-corrected chi connectivity index (χ2v) is 7.41. The summed E-state index contributed by atoms with van der Waals surface area (Å²) in [5, 5.41) is 22.9. The van der Waals surface area contributed by atoms with Gasteiger partial charge in [0.2, 0.25) is 9.84 Å². The molecule has 0 aliphatic rings. The molecule has 0 spiro atoms. The first-order valence-corrected chi connectivity index (χ1v) is 8.81. The van der Waals surface area contributed by atoms with Gasteiger partial charge in [0.05, 0.1) is 9.82 Å². The van der Waals surface area contributed by atoms with Gasteiger partial charge in [-0.3, -0.25) is 10.1 Å². The van der Waals surface area contributed by atoms with E-state index in [2.05, 4.69) is 5.32 Å². The summed E-state index contributed by atoms with van der Waals surface area (Å²) in [6, 6.07) is 10.7. The molecule has 0 aliphatic carbocycles. The number of nitro groups is 1. The van der Waals surface area contributed by atoms with Crippen LogP contribution in [0.5, 0.6) is 0 Å². The molecule has 2 aromatic carbocycles. The van der Waals surface area contributed by atoms with E-state index in [4.69, 9.17) is 28.5 Å². The number of halogens is 2. The molecule has 7 nitrogen and oxygen atoms in total. The van der Waals surface area contributed by atoms with E-state index in [1.165, 1.54) is 36.4 Å². The van der Waals surface area contributed by atoms with Gasteiger partial charge in [0.15, 0.2) is 4.91 Å². The van der Waals surface area contributed by atoms with Crippen LogP contribution in [0.3, 0.4) is 0 Å². The summed E-state index contributed by atoms with van der Waals surface area (Å²) in [5.41, 5.74) is -0.144. The minimum absolute atomic E-state index is 0.0613. The van der Waals surface area contributed by atoms with Gasteiger partial charge in [-0.2, -0.15) is 5.26 Å². The van der Waals surface area contributed by atoms with Crippen LogP contribution in [0.2, 0.25) is 10.0 Å². The zero-order valence-corrected chi connectivity index (χ0v) is 14.6. The number of allylic oxidation sites excluding steroid dienone is 1. The predicted molar refractivity (Wildman–Crippen MR) is 94.1 cm³/mol. The number of nitriles is 1. The Bertz CT molecular complexity index is 996. The van der Waals surface area contributed by atoms with E-state index in [-0.39, 0.29) is 21.3 Å². The molecule has 0 aromatic heterocycles. The molecule has 128 valence electrons. The molecule has 0 fully saturated rings. The van der Waals surface area contributed by atoms with Gasteiger partial charge in [0.25, 0.3) is 5.69 Å². The third-order valence-corrected chi connectivity index (χ3v) is 5.29. The highest BCUT2D eigenvalue weighted by atomic mass is 35.5. The average molecular weight is 398 g/mol. The van der Waals surface area contributed by atoms with Crippen LogP contribution in [0.1, 0.15) is 0 Å². The fourth-order valence-corrected chi connectivity index (χ4v) is 3.20. The van der Waals surface area contributed by atoms with Gasteiger partial charge < -0.3 is 5.32 Å². The quantitative estimate of drug-likeness (QED) is 0.460. The van der Waals surface area contributed by atoms with Crippen LogP contribution in [-0.4, -0.2) is 13.3 Å². The summed E-state index contributed by atoms with van der Waals surface area (Å²) < 4.78 is 24.8. The number of hydrogen-bond acceptors (Lipinski definition) is 6. The molecule has 0 unspecified atom stereocenters. The number of nitro benzene ring substituents is 1. The van der Waals surface area contributed by atoms with Crippen molar-refractivity contribution in [2.45, 2.75) is 4.90 Å². The third-order valence-electron chi connectivity index (χ3n) is 3.04. The van der Waals surface area contributed by atoms with Gasteiger partial charge in [0, 0.05) is 23.0 Å². The minimum atomic E-state index is -4.05. The Kier molecular flexibility index (Phi) is 5.64. The summed E-state index contributed by atoms with van der Waals surface area (Å²) in [5.74, 6) is 0. The highest BCUT2D eigenvalue weighted by Crippen LogP contribution is 2.28. The molecule has 0 amide bonds. The number of nitrogens with one attached hydrogen (secondary N) is 1. The van der Waals surface area contributed by atoms with Crippen molar-refractivity contribution in [3.05, 3.63) is 73.7 Å². The predicted octanol–water partition coefficient (Wildman–Crippen LogP) is 4.15. The minimum Gasteiger partial charge on any atom is -0.360 e. The molecule has 25 heavy (non-hydrogen) atoms. The van der Waals surface area contributed by atoms with Crippen molar-refractivity contribution in [3.63, 3.8) is 0 Å². The van der Waals surface area contributed by atoms with Crippen LogP contribution in [0, 0.1) is 21.4 Å². The van der Waals surface area contributed by atoms with E-state index < -0.39 is 19.7 Å². The van der Waals surface area contributed by atoms with Crippen LogP contribution >= 0.6 is 23.2 Å². The average Bonchev–Trinajstić information content (AvgIpc) is 2.56. The van der Waals surface area contributed by atoms with Crippen molar-refractivity contribution in [2.24, 2.45) is 0 Å². The maximum atomic E-state index is 12.4. The van der Waals surface area contributed by atoms with Crippen molar-refractivity contribution in [3.8, 4) is 6.07 Å². The zero-order valence-electron chi connectivity index (χ0n) is 12.3. The number of anilines is 1. The van der Waals surface area contributed by atoms with Crippen molar-refractivity contribution < 1.29 is 13.3 Å². The maximum absolute atomic E-state index is 12.4. The van der Waals surface area contributed by atoms with Crippen LogP contribution < -0.4 is 5.32 Å². The Hall–Kier alpha value is -2.60. The number of sulfone groups is 1. The number of nitrogens with zero attached hydrogens (tertiary/aromatic N) is 2. The lowest BCUT2D eigenvalue weighted by Crippen LogP contribution is -2.05. The lowest BCUT2D eigenvalue weighted by molar-refractivity contribution is -0.384. The summed E-state index contributed by atoms with van der Waals surface area (Å²) in [6.07, 6.45) is 0.955. The highest BCUT2D eigenvalue weighted by Gasteiger charge is 2.21. The van der Waals surface area contributed by atoms with Gasteiger partial charge in [-0.1, -0.05) is 23.2 Å². The molecule has 0 saturated heterocycles. The van der Waals surface area contributed by atoms with Gasteiger partial charge in [-0.25, -0.2) is 8.42 Å². The Morgan fingerprint density at radius 1 is 1.20 bits per heavy atom. The largest absolute Gasteiger partial charge is 0.360 e. The number of rotatable bonds is 5. The Labute approximate surface area is 153 Å². The Balaban J connectivity index is 2.35. The molecule has 0 saturated carbocycles. The molecule has 0 heterocycles. The van der Waals surface area contributed by atoms with Gasteiger partial charge in [-0.05, 0) is 36.4 Å². The third kappa shape index (κ3) is 4.28. The molecule has 0 aliphatic heterocycles. The smallest absolute Gasteiger partial charge is 0.289 e. The summed E-state index contributed by atoms with van der Waals surface area (Å²) in [7, 11) is -4.05. The maximum Gasteiger partial charge on any atom is 0.289 e. The lowest BCUT2D eigenvalue weighted by Gasteiger charge is -2.05. The van der Waals surface area contributed by atoms with Crippen LogP contribution in [-0.2, 0) is 9.84 Å². The van der Waals surface area contributed by atoms with Gasteiger partial charge in [-0.15, -0.1) is 0 Å². The van der Waals surface area contributed by atoms with E-state index in [0.29, 0.717) is 5.02 Å². The molecular formula is C15H9Cl2N3O4S. The number of benzene rings is 2. The fourth-order valence-electron chi connectivity index (χ4n) is 1.80. The van der Waals surface area contributed by atoms with Crippen molar-refractivity contribution in [1.29, 1.82) is 5.26 Å². The van der Waals surface area contributed by atoms with Gasteiger partial charge >= 0.3 is 0 Å². The van der Waals surface area contributed by atoms with Crippen molar-refractivity contribution >= 4 is 44.4 Å². The summed E-state index contributed by atoms with van der Waals surface area (Å²) in [6.45, 7) is 0. The lowest BCUT2D eigenvalue weighted by atomic mass is 10.3. The van der Waals surface area contributed by atoms with Crippen LogP contribution in [0.4, 0.5) is 11.4 Å². The molecule has 1 N–H and O–H groups in total. The van der Waals surface area contributed by atoms with E-state index >= 15 is 0 Å². The van der Waals surface area contributed by atoms with Crippen molar-refractivity contribution in [2.75, 3.05) is 5.32 Å². The normalized spacial score (nSPS) is 11.6. The first kappa shape index (κ1) is 18.7. The highest BCUT2D eigenvalue weighted by molar-refractivity contribution is 7.95. The first-order chi connectivity index (χ1) is 11.8. The molecule has 10 heteroatoms. The molecule has 0 bridgehead atoms. The van der Waals surface area contributed by atoms with Crippen LogP contribution in [0.15, 0.2) is 58.5 Å². The topological polar surface area (TPSA) is 113 Å². The first-order valence-electron chi connectivity index (χ1n) is 6.57. The Morgan fingerprint density at radius 2 is 1.84 bits per heavy atom. The number of hydrogen-bond donors (Lipinski definition) is 1. The van der Waals surface area contributed by atoms with E-state index in [1.807, 2.05) is 0 Å². The van der Waals surface area contributed by atoms with Crippen molar-refractivity contribution in [1.82, 2.24) is 0 Å². The fraction of sp³-hybridized carbons (Fsp3) is 0. The molecule has 2 aromatic rings. The molecule has 2 rings (SSSR count). The van der Waals surface area contributed by atoms with E-state index in [9.17, 15) is 18.5 Å². The molecule has 0 atom stereocenters. The zero-order chi connectivity index (χ0) is 18.6. The monoisotopic (exact) mass is 397 g/mol. The molecular weight excluding hydrogens is 389 g/mol. The standard InChI is InChI=1S/C15H9Cl2N3O4S/c16-10-1-4-12(5-2-10)25(23,24)13(8-18)9-19-11-3-6-14(17)15(7-11)20(21)22/h1-7,9,19H/b13-9-. The van der Waals surface area contributed by atoms with E-state index in [0.717, 1.165) is 12.3 Å². The SMILES string of the molecule is N#C/C(=C/Nc1ccc(Cl)c([N+](=O)[O-])c1)S(=O)(=O)c1ccc(Cl)cc1.